The third kappa shape index (κ3) is 4.07. The summed E-state index contributed by atoms with van der Waals surface area (Å²) in [6.45, 7) is 1.66. The molecule has 0 fully saturated rings. The number of ether oxygens (including phenoxy) is 1. The molecule has 2 rings (SSSR count). The molecule has 1 atom stereocenters. The molecule has 1 amide bonds. The number of halogens is 1. The van der Waals surface area contributed by atoms with E-state index < -0.39 is 6.10 Å². The first-order chi connectivity index (χ1) is 10.1. The fraction of sp³-hybridized carbons (Fsp3) is 0.125. The van der Waals surface area contributed by atoms with Crippen molar-refractivity contribution in [1.29, 1.82) is 5.26 Å². The van der Waals surface area contributed by atoms with Crippen molar-refractivity contribution in [3.05, 3.63) is 58.6 Å². The Labute approximate surface area is 131 Å². The number of nitrogens with zero attached hydrogens (tertiary/aromatic N) is 1. The van der Waals surface area contributed by atoms with E-state index in [0.29, 0.717) is 17.0 Å². The number of carbonyl (C=O) groups excluding carboxylic acids is 1. The maximum absolute atomic E-state index is 12.1. The van der Waals surface area contributed by atoms with Crippen molar-refractivity contribution in [2.75, 3.05) is 5.32 Å². The number of rotatable bonds is 4. The topological polar surface area (TPSA) is 62.1 Å². The number of hydrogen-bond acceptors (Lipinski definition) is 3. The second-order valence-electron chi connectivity index (χ2n) is 4.36. The van der Waals surface area contributed by atoms with Crippen LogP contribution in [0, 0.1) is 11.3 Å². The van der Waals surface area contributed by atoms with Gasteiger partial charge in [-0.15, -0.1) is 0 Å². The van der Waals surface area contributed by atoms with Crippen LogP contribution in [0.15, 0.2) is 53.0 Å². The van der Waals surface area contributed by atoms with Crippen LogP contribution in [0.25, 0.3) is 0 Å². The van der Waals surface area contributed by atoms with Crippen LogP contribution in [0.2, 0.25) is 0 Å². The number of para-hydroxylation sites is 1. The molecule has 0 aromatic heterocycles. The summed E-state index contributed by atoms with van der Waals surface area (Å²) in [5, 5.41) is 11.7. The van der Waals surface area contributed by atoms with Crippen molar-refractivity contribution < 1.29 is 9.53 Å². The van der Waals surface area contributed by atoms with Crippen LogP contribution in [0.4, 0.5) is 5.69 Å². The molecule has 0 aliphatic carbocycles. The fourth-order valence-corrected chi connectivity index (χ4v) is 2.10. The number of carbonyl (C=O) groups is 1. The average Bonchev–Trinajstić information content (AvgIpc) is 2.47. The number of nitrogens with one attached hydrogen (secondary N) is 1. The van der Waals surface area contributed by atoms with Crippen LogP contribution in [0.5, 0.6) is 5.75 Å². The Hall–Kier alpha value is -2.32. The van der Waals surface area contributed by atoms with Gasteiger partial charge in [0, 0.05) is 4.47 Å². The second kappa shape index (κ2) is 6.91. The van der Waals surface area contributed by atoms with E-state index in [4.69, 9.17) is 10.00 Å². The molecule has 0 bridgehead atoms. The van der Waals surface area contributed by atoms with Crippen molar-refractivity contribution in [3.63, 3.8) is 0 Å². The first-order valence-electron chi connectivity index (χ1n) is 6.32. The van der Waals surface area contributed by atoms with Gasteiger partial charge in [-0.25, -0.2) is 0 Å². The average molecular weight is 345 g/mol. The molecular weight excluding hydrogens is 332 g/mol. The van der Waals surface area contributed by atoms with Gasteiger partial charge >= 0.3 is 0 Å². The van der Waals surface area contributed by atoms with Gasteiger partial charge in [0.15, 0.2) is 6.10 Å². The zero-order chi connectivity index (χ0) is 15.2. The minimum Gasteiger partial charge on any atom is -0.481 e. The smallest absolute Gasteiger partial charge is 0.265 e. The Kier molecular flexibility index (Phi) is 4.96. The summed E-state index contributed by atoms with van der Waals surface area (Å²) in [5.74, 6) is 0.290. The summed E-state index contributed by atoms with van der Waals surface area (Å²) in [5.41, 5.74) is 0.898. The van der Waals surface area contributed by atoms with E-state index in [1.165, 1.54) is 0 Å². The summed E-state index contributed by atoms with van der Waals surface area (Å²) < 4.78 is 6.45. The summed E-state index contributed by atoms with van der Waals surface area (Å²) in [6.07, 6.45) is -0.675. The highest BCUT2D eigenvalue weighted by atomic mass is 79.9. The van der Waals surface area contributed by atoms with E-state index in [1.807, 2.05) is 18.2 Å². The van der Waals surface area contributed by atoms with Crippen LogP contribution < -0.4 is 10.1 Å². The zero-order valence-corrected chi connectivity index (χ0v) is 12.9. The molecule has 2 aromatic rings. The molecule has 0 saturated heterocycles. The standard InChI is InChI=1S/C16H13BrN2O2/c1-11(21-14-7-4-6-13(17)9-14)16(20)19-15-8-3-2-5-12(15)10-18/h2-9,11H,1H3,(H,19,20)/t11-/m1/s1. The predicted molar refractivity (Wildman–Crippen MR) is 84.0 cm³/mol. The van der Waals surface area contributed by atoms with Crippen LogP contribution >= 0.6 is 15.9 Å². The molecule has 0 radical (unpaired) electrons. The van der Waals surface area contributed by atoms with Gasteiger partial charge in [0.25, 0.3) is 5.91 Å². The molecule has 0 aliphatic rings. The number of hydrogen-bond donors (Lipinski definition) is 1. The SMILES string of the molecule is C[C@@H](Oc1cccc(Br)c1)C(=O)Nc1ccccc1C#N. The van der Waals surface area contributed by atoms with Crippen molar-refractivity contribution in [2.45, 2.75) is 13.0 Å². The van der Waals surface area contributed by atoms with E-state index in [0.717, 1.165) is 4.47 Å². The number of amides is 1. The second-order valence-corrected chi connectivity index (χ2v) is 5.28. The molecule has 0 heterocycles. The lowest BCUT2D eigenvalue weighted by Gasteiger charge is -2.15. The maximum Gasteiger partial charge on any atom is 0.265 e. The van der Waals surface area contributed by atoms with Gasteiger partial charge in [-0.1, -0.05) is 34.1 Å². The Morgan fingerprint density at radius 1 is 1.29 bits per heavy atom. The first-order valence-corrected chi connectivity index (χ1v) is 7.11. The number of nitriles is 1. The third-order valence-corrected chi connectivity index (χ3v) is 3.28. The lowest BCUT2D eigenvalue weighted by molar-refractivity contribution is -0.122. The fourth-order valence-electron chi connectivity index (χ4n) is 1.72. The quantitative estimate of drug-likeness (QED) is 0.919. The number of benzene rings is 2. The van der Waals surface area contributed by atoms with Gasteiger partial charge in [0.1, 0.15) is 11.8 Å². The monoisotopic (exact) mass is 344 g/mol. The first kappa shape index (κ1) is 15.1. The summed E-state index contributed by atoms with van der Waals surface area (Å²) in [7, 11) is 0. The van der Waals surface area contributed by atoms with Gasteiger partial charge < -0.3 is 10.1 Å². The molecule has 0 aliphatic heterocycles. The van der Waals surface area contributed by atoms with Crippen LogP contribution in [0.3, 0.4) is 0 Å². The van der Waals surface area contributed by atoms with Crippen LogP contribution in [-0.2, 0) is 4.79 Å². The molecule has 0 saturated carbocycles. The van der Waals surface area contributed by atoms with E-state index in [2.05, 4.69) is 21.2 Å². The maximum atomic E-state index is 12.1. The molecule has 0 unspecified atom stereocenters. The van der Waals surface area contributed by atoms with Crippen LogP contribution in [0.1, 0.15) is 12.5 Å². The molecule has 4 nitrogen and oxygen atoms in total. The normalized spacial score (nSPS) is 11.3. The van der Waals surface area contributed by atoms with E-state index >= 15 is 0 Å². The molecule has 21 heavy (non-hydrogen) atoms. The summed E-state index contributed by atoms with van der Waals surface area (Å²) in [6, 6.07) is 16.1. The molecule has 2 aromatic carbocycles. The predicted octanol–water partition coefficient (Wildman–Crippen LogP) is 3.73. The summed E-state index contributed by atoms with van der Waals surface area (Å²) >= 11 is 3.35. The lowest BCUT2D eigenvalue weighted by atomic mass is 10.2. The van der Waals surface area contributed by atoms with Gasteiger partial charge in [0.2, 0.25) is 0 Å². The molecule has 1 N–H and O–H groups in total. The lowest BCUT2D eigenvalue weighted by Crippen LogP contribution is -2.30. The zero-order valence-electron chi connectivity index (χ0n) is 11.3. The van der Waals surface area contributed by atoms with Gasteiger partial charge in [-0.05, 0) is 37.3 Å². The molecular formula is C16H13BrN2O2. The van der Waals surface area contributed by atoms with Gasteiger partial charge in [-0.2, -0.15) is 5.26 Å². The third-order valence-electron chi connectivity index (χ3n) is 2.78. The van der Waals surface area contributed by atoms with E-state index in [9.17, 15) is 4.79 Å². The molecule has 106 valence electrons. The Morgan fingerprint density at radius 3 is 2.76 bits per heavy atom. The van der Waals surface area contributed by atoms with E-state index in [1.54, 1.807) is 43.3 Å². The van der Waals surface area contributed by atoms with Crippen molar-refractivity contribution >= 4 is 27.5 Å². The highest BCUT2D eigenvalue weighted by Gasteiger charge is 2.16. The Balaban J connectivity index is 2.05. The minimum absolute atomic E-state index is 0.308. The highest BCUT2D eigenvalue weighted by molar-refractivity contribution is 9.10. The Morgan fingerprint density at radius 2 is 2.05 bits per heavy atom. The molecule has 5 heteroatoms. The highest BCUT2D eigenvalue weighted by Crippen LogP contribution is 2.20. The minimum atomic E-state index is -0.675. The van der Waals surface area contributed by atoms with Gasteiger partial charge in [-0.3, -0.25) is 4.79 Å². The van der Waals surface area contributed by atoms with E-state index in [-0.39, 0.29) is 5.91 Å². The van der Waals surface area contributed by atoms with Crippen molar-refractivity contribution in [3.8, 4) is 11.8 Å². The largest absolute Gasteiger partial charge is 0.481 e. The van der Waals surface area contributed by atoms with Crippen LogP contribution in [-0.4, -0.2) is 12.0 Å². The van der Waals surface area contributed by atoms with Crippen molar-refractivity contribution in [2.24, 2.45) is 0 Å². The number of anilines is 1. The van der Waals surface area contributed by atoms with Gasteiger partial charge in [0.05, 0.1) is 11.3 Å². The van der Waals surface area contributed by atoms with Crippen molar-refractivity contribution in [1.82, 2.24) is 0 Å². The Bertz CT molecular complexity index is 695. The summed E-state index contributed by atoms with van der Waals surface area (Å²) in [4.78, 5) is 12.1. The molecule has 0 spiro atoms.